The number of likely N-dealkylation sites (N-methyl/N-ethyl adjacent to an activating group) is 1. The molecule has 0 spiro atoms. The van der Waals surface area contributed by atoms with E-state index in [4.69, 9.17) is 0 Å². The van der Waals surface area contributed by atoms with Crippen LogP contribution in [0, 0.1) is 0 Å². The van der Waals surface area contributed by atoms with E-state index in [1.165, 1.54) is 29.3 Å². The third-order valence-electron chi connectivity index (χ3n) is 5.76. The maximum absolute atomic E-state index is 12.6. The van der Waals surface area contributed by atoms with Crippen molar-refractivity contribution >= 4 is 16.9 Å². The average Bonchev–Trinajstić information content (AvgIpc) is 2.78. The summed E-state index contributed by atoms with van der Waals surface area (Å²) in [5.41, 5.74) is 0.544. The molecule has 1 amide bonds. The van der Waals surface area contributed by atoms with E-state index < -0.39 is 11.2 Å². The van der Waals surface area contributed by atoms with Crippen molar-refractivity contribution in [2.24, 2.45) is 7.05 Å². The summed E-state index contributed by atoms with van der Waals surface area (Å²) < 4.78 is 1.22. The van der Waals surface area contributed by atoms with Crippen molar-refractivity contribution in [1.29, 1.82) is 0 Å². The van der Waals surface area contributed by atoms with Crippen molar-refractivity contribution in [2.75, 3.05) is 39.8 Å². The number of hydrogen-bond donors (Lipinski definition) is 2. The Kier molecular flexibility index (Phi) is 5.97. The maximum Gasteiger partial charge on any atom is 0.329 e. The first-order chi connectivity index (χ1) is 14.9. The summed E-state index contributed by atoms with van der Waals surface area (Å²) in [5.74, 6) is -0.333. The van der Waals surface area contributed by atoms with Gasteiger partial charge in [0.05, 0.1) is 5.39 Å². The Morgan fingerprint density at radius 3 is 2.68 bits per heavy atom. The molecule has 1 atom stereocenters. The number of piperazine rings is 1. The van der Waals surface area contributed by atoms with Gasteiger partial charge in [-0.2, -0.15) is 0 Å². The molecule has 3 heterocycles. The Morgan fingerprint density at radius 1 is 1.13 bits per heavy atom. The third-order valence-corrected chi connectivity index (χ3v) is 5.76. The number of benzene rings is 1. The van der Waals surface area contributed by atoms with Crippen LogP contribution in [0.2, 0.25) is 0 Å². The van der Waals surface area contributed by atoms with Crippen molar-refractivity contribution in [1.82, 2.24) is 29.7 Å². The highest BCUT2D eigenvalue weighted by Gasteiger charge is 2.26. The van der Waals surface area contributed by atoms with Crippen LogP contribution in [0.4, 0.5) is 0 Å². The molecule has 1 saturated heterocycles. The van der Waals surface area contributed by atoms with Crippen molar-refractivity contribution in [3.8, 4) is 0 Å². The lowest BCUT2D eigenvalue weighted by molar-refractivity contribution is 0.0841. The molecule has 9 nitrogen and oxygen atoms in total. The molecule has 0 saturated carbocycles. The van der Waals surface area contributed by atoms with Gasteiger partial charge in [-0.1, -0.05) is 30.3 Å². The Labute approximate surface area is 179 Å². The van der Waals surface area contributed by atoms with Gasteiger partial charge in [0.15, 0.2) is 0 Å². The zero-order valence-corrected chi connectivity index (χ0v) is 17.7. The molecule has 1 aliphatic rings. The fraction of sp³-hybridized carbons (Fsp3) is 0.364. The summed E-state index contributed by atoms with van der Waals surface area (Å²) in [6, 6.07) is 13.7. The number of nitrogens with zero attached hydrogens (tertiary/aromatic N) is 4. The summed E-state index contributed by atoms with van der Waals surface area (Å²) in [7, 11) is 3.63. The Bertz CT molecular complexity index is 1200. The number of carbonyl (C=O) groups excluding carboxylic acids is 1. The molecule has 1 aromatic carbocycles. The van der Waals surface area contributed by atoms with E-state index in [1.54, 1.807) is 0 Å². The minimum atomic E-state index is -0.565. The molecule has 3 aromatic rings. The molecular formula is C22H26N6O3. The van der Waals surface area contributed by atoms with E-state index in [1.807, 2.05) is 18.2 Å². The Morgan fingerprint density at radius 2 is 1.90 bits per heavy atom. The molecule has 31 heavy (non-hydrogen) atoms. The molecule has 2 N–H and O–H groups in total. The summed E-state index contributed by atoms with van der Waals surface area (Å²) in [6.45, 7) is 4.02. The number of pyridine rings is 1. The zero-order chi connectivity index (χ0) is 22.0. The largest absolute Gasteiger partial charge is 0.349 e. The van der Waals surface area contributed by atoms with Gasteiger partial charge in [-0.15, -0.1) is 0 Å². The van der Waals surface area contributed by atoms with Gasteiger partial charge in [0.25, 0.3) is 11.5 Å². The minimum Gasteiger partial charge on any atom is -0.349 e. The van der Waals surface area contributed by atoms with Gasteiger partial charge in [-0.05, 0) is 24.7 Å². The molecule has 0 aliphatic carbocycles. The highest BCUT2D eigenvalue weighted by molar-refractivity contribution is 5.94. The molecule has 1 fully saturated rings. The lowest BCUT2D eigenvalue weighted by Gasteiger charge is -2.40. The highest BCUT2D eigenvalue weighted by Crippen LogP contribution is 2.24. The molecule has 2 aromatic heterocycles. The number of fused-ring (bicyclic) bond motifs is 1. The monoisotopic (exact) mass is 422 g/mol. The van der Waals surface area contributed by atoms with E-state index in [9.17, 15) is 14.4 Å². The van der Waals surface area contributed by atoms with Crippen LogP contribution in [0.25, 0.3) is 11.0 Å². The van der Waals surface area contributed by atoms with Gasteiger partial charge in [-0.3, -0.25) is 24.0 Å². The number of carbonyl (C=O) groups is 1. The van der Waals surface area contributed by atoms with Crippen molar-refractivity contribution < 1.29 is 4.79 Å². The van der Waals surface area contributed by atoms with Crippen molar-refractivity contribution in [3.63, 3.8) is 0 Å². The minimum absolute atomic E-state index is 0.172. The second-order valence-electron chi connectivity index (χ2n) is 7.87. The fourth-order valence-electron chi connectivity index (χ4n) is 3.97. The summed E-state index contributed by atoms with van der Waals surface area (Å²) in [4.78, 5) is 47.6. The van der Waals surface area contributed by atoms with Crippen LogP contribution in [0.5, 0.6) is 0 Å². The SMILES string of the molecule is CN1CCN(CCNC(=O)c2ccc3c(=O)[nH]c(=O)n(C)c3n2)[C@@H](c2ccccc2)C1. The van der Waals surface area contributed by atoms with Gasteiger partial charge >= 0.3 is 5.69 Å². The Balaban J connectivity index is 1.44. The summed E-state index contributed by atoms with van der Waals surface area (Å²) in [5, 5.41) is 3.18. The molecule has 0 radical (unpaired) electrons. The maximum atomic E-state index is 12.6. The average molecular weight is 422 g/mol. The predicted octanol–water partition coefficient (Wildman–Crippen LogP) is 0.340. The second kappa shape index (κ2) is 8.83. The second-order valence-corrected chi connectivity index (χ2v) is 7.87. The smallest absolute Gasteiger partial charge is 0.329 e. The number of nitrogens with one attached hydrogen (secondary N) is 2. The van der Waals surface area contributed by atoms with E-state index >= 15 is 0 Å². The number of aromatic amines is 1. The van der Waals surface area contributed by atoms with E-state index in [0.717, 1.165) is 19.6 Å². The third kappa shape index (κ3) is 4.42. The van der Waals surface area contributed by atoms with Gasteiger partial charge < -0.3 is 10.2 Å². The molecule has 0 unspecified atom stereocenters. The van der Waals surface area contributed by atoms with Crippen LogP contribution in [-0.4, -0.2) is 70.0 Å². The van der Waals surface area contributed by atoms with E-state index in [2.05, 4.69) is 44.3 Å². The first kappa shape index (κ1) is 21.0. The van der Waals surface area contributed by atoms with Crippen LogP contribution in [0.3, 0.4) is 0 Å². The summed E-state index contributed by atoms with van der Waals surface area (Å²) >= 11 is 0. The predicted molar refractivity (Wildman–Crippen MR) is 118 cm³/mol. The first-order valence-corrected chi connectivity index (χ1v) is 10.3. The normalized spacial score (nSPS) is 17.7. The number of aryl methyl sites for hydroxylation is 1. The van der Waals surface area contributed by atoms with Gasteiger partial charge in [0, 0.05) is 45.8 Å². The van der Waals surface area contributed by atoms with Crippen molar-refractivity contribution in [3.05, 3.63) is 74.6 Å². The highest BCUT2D eigenvalue weighted by atomic mass is 16.2. The molecule has 1 aliphatic heterocycles. The fourth-order valence-corrected chi connectivity index (χ4v) is 3.97. The van der Waals surface area contributed by atoms with E-state index in [0.29, 0.717) is 13.1 Å². The zero-order valence-electron chi connectivity index (χ0n) is 17.7. The van der Waals surface area contributed by atoms with Crippen LogP contribution < -0.4 is 16.6 Å². The molecule has 162 valence electrons. The number of aromatic nitrogens is 3. The number of rotatable bonds is 5. The molecule has 4 rings (SSSR count). The van der Waals surface area contributed by atoms with Crippen LogP contribution in [-0.2, 0) is 7.05 Å². The molecule has 9 heteroatoms. The quantitative estimate of drug-likeness (QED) is 0.615. The number of hydrogen-bond acceptors (Lipinski definition) is 6. The molecular weight excluding hydrogens is 396 g/mol. The number of H-pyrrole nitrogens is 1. The number of amides is 1. The van der Waals surface area contributed by atoms with Gasteiger partial charge in [0.2, 0.25) is 0 Å². The lowest BCUT2D eigenvalue weighted by Crippen LogP contribution is -2.49. The standard InChI is InChI=1S/C22H26N6O3/c1-26-12-13-28(18(14-26)15-6-4-3-5-7-15)11-10-23-21(30)17-9-8-16-19(24-17)27(2)22(31)25-20(16)29/h3-9,18H,10-14H2,1-2H3,(H,23,30)(H,25,29,31)/t18-/m1/s1. The Hall–Kier alpha value is -3.30. The van der Waals surface area contributed by atoms with Gasteiger partial charge in [-0.25, -0.2) is 9.78 Å². The summed E-state index contributed by atoms with van der Waals surface area (Å²) in [6.07, 6.45) is 0. The van der Waals surface area contributed by atoms with Crippen LogP contribution in [0.15, 0.2) is 52.1 Å². The van der Waals surface area contributed by atoms with Crippen LogP contribution >= 0.6 is 0 Å². The van der Waals surface area contributed by atoms with E-state index in [-0.39, 0.29) is 28.7 Å². The van der Waals surface area contributed by atoms with Gasteiger partial charge in [0.1, 0.15) is 11.3 Å². The molecule has 0 bridgehead atoms. The topological polar surface area (TPSA) is 103 Å². The lowest BCUT2D eigenvalue weighted by atomic mass is 10.0. The van der Waals surface area contributed by atoms with Crippen molar-refractivity contribution in [2.45, 2.75) is 6.04 Å². The van der Waals surface area contributed by atoms with Crippen LogP contribution in [0.1, 0.15) is 22.1 Å². The first-order valence-electron chi connectivity index (χ1n) is 10.3.